The molecule has 60 valence electrons. The van der Waals surface area contributed by atoms with Gasteiger partial charge in [0.15, 0.2) is 0 Å². The summed E-state index contributed by atoms with van der Waals surface area (Å²) in [6.07, 6.45) is 4.17. The van der Waals surface area contributed by atoms with E-state index in [9.17, 15) is 0 Å². The number of hydrogen-bond donors (Lipinski definition) is 1. The van der Waals surface area contributed by atoms with Crippen LogP contribution >= 0.6 is 0 Å². The van der Waals surface area contributed by atoms with E-state index >= 15 is 0 Å². The summed E-state index contributed by atoms with van der Waals surface area (Å²) in [6.45, 7) is 3.66. The van der Waals surface area contributed by atoms with Crippen LogP contribution in [0.5, 0.6) is 0 Å². The molecule has 0 saturated carbocycles. The van der Waals surface area contributed by atoms with Gasteiger partial charge in [-0.15, -0.1) is 0 Å². The maximum Gasteiger partial charge on any atom is 0.0499 e. The lowest BCUT2D eigenvalue weighted by molar-refractivity contribution is 0.202. The quantitative estimate of drug-likeness (QED) is 0.589. The van der Waals surface area contributed by atoms with Gasteiger partial charge in [-0.3, -0.25) is 0 Å². The smallest absolute Gasteiger partial charge is 0.0499 e. The van der Waals surface area contributed by atoms with E-state index in [4.69, 9.17) is 10.5 Å². The van der Waals surface area contributed by atoms with Gasteiger partial charge in [0.2, 0.25) is 0 Å². The molecule has 2 heteroatoms. The zero-order valence-corrected chi connectivity index (χ0v) is 6.89. The van der Waals surface area contributed by atoms with Crippen LogP contribution in [0.3, 0.4) is 0 Å². The maximum atomic E-state index is 5.33. The summed E-state index contributed by atoms with van der Waals surface area (Å²) in [5.74, 6) is 0. The molecule has 0 radical (unpaired) electrons. The standard InChI is InChI=1S/C8H17NO/c1-8(4-3-6-9)5-7-10-2/h4H,3,5-7,9H2,1-2H3/b8-4+. The molecule has 2 nitrogen and oxygen atoms in total. The van der Waals surface area contributed by atoms with E-state index in [1.165, 1.54) is 5.57 Å². The van der Waals surface area contributed by atoms with Crippen LogP contribution in [0.15, 0.2) is 11.6 Å². The average molecular weight is 143 g/mol. The first-order valence-corrected chi connectivity index (χ1v) is 3.66. The molecule has 0 spiro atoms. The van der Waals surface area contributed by atoms with Crippen molar-refractivity contribution in [2.75, 3.05) is 20.3 Å². The van der Waals surface area contributed by atoms with E-state index in [0.717, 1.165) is 26.0 Å². The van der Waals surface area contributed by atoms with Crippen LogP contribution < -0.4 is 5.73 Å². The molecule has 0 bridgehead atoms. The molecule has 0 rings (SSSR count). The molecule has 0 aromatic rings. The van der Waals surface area contributed by atoms with Gasteiger partial charge in [0.25, 0.3) is 0 Å². The molecule has 0 aliphatic heterocycles. The summed E-state index contributed by atoms with van der Waals surface area (Å²) in [5, 5.41) is 0. The molecule has 0 fully saturated rings. The molecule has 0 heterocycles. The summed E-state index contributed by atoms with van der Waals surface area (Å²) in [6, 6.07) is 0. The van der Waals surface area contributed by atoms with E-state index in [2.05, 4.69) is 13.0 Å². The first-order valence-electron chi connectivity index (χ1n) is 3.66. The summed E-state index contributed by atoms with van der Waals surface area (Å²) in [7, 11) is 1.72. The summed E-state index contributed by atoms with van der Waals surface area (Å²) < 4.78 is 4.92. The van der Waals surface area contributed by atoms with Crippen molar-refractivity contribution in [2.45, 2.75) is 19.8 Å². The third-order valence-electron chi connectivity index (χ3n) is 1.36. The third-order valence-corrected chi connectivity index (χ3v) is 1.36. The van der Waals surface area contributed by atoms with E-state index in [1.54, 1.807) is 7.11 Å². The second-order valence-electron chi connectivity index (χ2n) is 2.37. The Bertz CT molecular complexity index is 99.4. The molecule has 2 N–H and O–H groups in total. The topological polar surface area (TPSA) is 35.2 Å². The fraction of sp³-hybridized carbons (Fsp3) is 0.750. The zero-order chi connectivity index (χ0) is 7.82. The Morgan fingerprint density at radius 3 is 2.80 bits per heavy atom. The summed E-state index contributed by atoms with van der Waals surface area (Å²) in [5.41, 5.74) is 6.70. The first-order chi connectivity index (χ1) is 4.81. The van der Waals surface area contributed by atoms with E-state index in [-0.39, 0.29) is 0 Å². The number of methoxy groups -OCH3 is 1. The molecule has 0 amide bonds. The van der Waals surface area contributed by atoms with Crippen LogP contribution in [-0.2, 0) is 4.74 Å². The normalized spacial score (nSPS) is 12.1. The largest absolute Gasteiger partial charge is 0.384 e. The Labute approximate surface area is 63.1 Å². The van der Waals surface area contributed by atoms with Crippen LogP contribution in [0.25, 0.3) is 0 Å². The minimum atomic E-state index is 0.740. The number of rotatable bonds is 5. The van der Waals surface area contributed by atoms with Crippen molar-refractivity contribution < 1.29 is 4.74 Å². The molecule has 0 atom stereocenters. The van der Waals surface area contributed by atoms with Crippen LogP contribution in [0.4, 0.5) is 0 Å². The van der Waals surface area contributed by atoms with E-state index in [0.29, 0.717) is 0 Å². The van der Waals surface area contributed by atoms with Gasteiger partial charge < -0.3 is 10.5 Å². The van der Waals surface area contributed by atoms with Crippen molar-refractivity contribution in [3.63, 3.8) is 0 Å². The Balaban J connectivity index is 3.30. The van der Waals surface area contributed by atoms with Gasteiger partial charge in [0, 0.05) is 13.7 Å². The van der Waals surface area contributed by atoms with E-state index < -0.39 is 0 Å². The van der Waals surface area contributed by atoms with Gasteiger partial charge in [-0.2, -0.15) is 0 Å². The summed E-state index contributed by atoms with van der Waals surface area (Å²) in [4.78, 5) is 0. The average Bonchev–Trinajstić information content (AvgIpc) is 1.97. The molecule has 10 heavy (non-hydrogen) atoms. The van der Waals surface area contributed by atoms with Gasteiger partial charge in [-0.05, 0) is 26.3 Å². The van der Waals surface area contributed by atoms with Crippen molar-refractivity contribution in [1.29, 1.82) is 0 Å². The molecule has 0 aromatic carbocycles. The monoisotopic (exact) mass is 143 g/mol. The third kappa shape index (κ3) is 5.79. The van der Waals surface area contributed by atoms with Gasteiger partial charge in [-0.25, -0.2) is 0 Å². The van der Waals surface area contributed by atoms with Gasteiger partial charge in [-0.1, -0.05) is 11.6 Å². The predicted octanol–water partition coefficient (Wildman–Crippen LogP) is 1.32. The van der Waals surface area contributed by atoms with E-state index in [1.807, 2.05) is 0 Å². The molecule has 0 saturated heterocycles. The lowest BCUT2D eigenvalue weighted by Gasteiger charge is -1.98. The Morgan fingerprint density at radius 2 is 2.30 bits per heavy atom. The maximum absolute atomic E-state index is 5.33. The van der Waals surface area contributed by atoms with Crippen LogP contribution in [0, 0.1) is 0 Å². The van der Waals surface area contributed by atoms with Crippen molar-refractivity contribution in [3.8, 4) is 0 Å². The lowest BCUT2D eigenvalue weighted by Crippen LogP contribution is -1.96. The van der Waals surface area contributed by atoms with Crippen LogP contribution in [0.2, 0.25) is 0 Å². The molecule has 0 aliphatic carbocycles. The Morgan fingerprint density at radius 1 is 1.60 bits per heavy atom. The molecular weight excluding hydrogens is 126 g/mol. The van der Waals surface area contributed by atoms with Crippen molar-refractivity contribution in [1.82, 2.24) is 0 Å². The minimum Gasteiger partial charge on any atom is -0.384 e. The van der Waals surface area contributed by atoms with Crippen LogP contribution in [0.1, 0.15) is 19.8 Å². The highest BCUT2D eigenvalue weighted by Crippen LogP contribution is 1.99. The van der Waals surface area contributed by atoms with Crippen molar-refractivity contribution in [3.05, 3.63) is 11.6 Å². The predicted molar refractivity (Wildman–Crippen MR) is 43.9 cm³/mol. The van der Waals surface area contributed by atoms with Gasteiger partial charge in [0.05, 0.1) is 0 Å². The Hall–Kier alpha value is -0.340. The lowest BCUT2D eigenvalue weighted by atomic mass is 10.2. The van der Waals surface area contributed by atoms with Crippen LogP contribution in [-0.4, -0.2) is 20.3 Å². The fourth-order valence-electron chi connectivity index (χ4n) is 0.695. The van der Waals surface area contributed by atoms with Gasteiger partial charge >= 0.3 is 0 Å². The van der Waals surface area contributed by atoms with Crippen molar-refractivity contribution in [2.24, 2.45) is 5.73 Å². The number of nitrogens with two attached hydrogens (primary N) is 1. The van der Waals surface area contributed by atoms with Gasteiger partial charge in [0.1, 0.15) is 0 Å². The minimum absolute atomic E-state index is 0.740. The number of hydrogen-bond acceptors (Lipinski definition) is 2. The SMILES string of the molecule is COCC/C(C)=C/CCN. The summed E-state index contributed by atoms with van der Waals surface area (Å²) >= 11 is 0. The Kier molecular flexibility index (Phi) is 6.55. The molecule has 0 aliphatic rings. The zero-order valence-electron chi connectivity index (χ0n) is 6.89. The highest BCUT2D eigenvalue weighted by atomic mass is 16.5. The fourth-order valence-corrected chi connectivity index (χ4v) is 0.695. The second kappa shape index (κ2) is 6.78. The first kappa shape index (κ1) is 9.66. The molecule has 0 aromatic heterocycles. The number of ether oxygens (including phenoxy) is 1. The highest BCUT2D eigenvalue weighted by Gasteiger charge is 1.87. The molecular formula is C8H17NO. The van der Waals surface area contributed by atoms with Crippen molar-refractivity contribution >= 4 is 0 Å². The second-order valence-corrected chi connectivity index (χ2v) is 2.37. The molecule has 0 unspecified atom stereocenters. The highest BCUT2D eigenvalue weighted by molar-refractivity contribution is 4.97.